The molecule has 1 unspecified atom stereocenters. The Hall–Kier alpha value is -3.27. The molecule has 4 heteroatoms. The van der Waals surface area contributed by atoms with Crippen LogP contribution in [0, 0.1) is 5.92 Å². The van der Waals surface area contributed by atoms with Crippen molar-refractivity contribution in [2.45, 2.75) is 45.8 Å². The van der Waals surface area contributed by atoms with Gasteiger partial charge in [-0.05, 0) is 72.7 Å². The van der Waals surface area contributed by atoms with Crippen molar-refractivity contribution in [1.82, 2.24) is 5.32 Å². The molecule has 4 nitrogen and oxygen atoms in total. The Morgan fingerprint density at radius 2 is 1.67 bits per heavy atom. The molecule has 1 atom stereocenters. The van der Waals surface area contributed by atoms with Crippen molar-refractivity contribution in [3.63, 3.8) is 0 Å². The highest BCUT2D eigenvalue weighted by Gasteiger charge is 2.19. The van der Waals surface area contributed by atoms with Crippen molar-refractivity contribution in [1.29, 1.82) is 0 Å². The van der Waals surface area contributed by atoms with Gasteiger partial charge in [-0.25, -0.2) is 0 Å². The zero-order chi connectivity index (χ0) is 23.0. The quantitative estimate of drug-likeness (QED) is 0.418. The van der Waals surface area contributed by atoms with Gasteiger partial charge in [0.1, 0.15) is 12.4 Å². The second-order valence-electron chi connectivity index (χ2n) is 9.24. The van der Waals surface area contributed by atoms with Crippen LogP contribution >= 0.6 is 0 Å². The Bertz CT molecular complexity index is 1030. The number of hydrogen-bond acceptors (Lipinski definition) is 3. The second kappa shape index (κ2) is 11.0. The third kappa shape index (κ3) is 6.38. The number of benzene rings is 3. The molecule has 0 aliphatic carbocycles. The molecule has 1 heterocycles. The van der Waals surface area contributed by atoms with Gasteiger partial charge in [0.05, 0.1) is 6.04 Å². The summed E-state index contributed by atoms with van der Waals surface area (Å²) in [5, 5.41) is 3.28. The smallest absolute Gasteiger partial charge is 0.251 e. The van der Waals surface area contributed by atoms with E-state index in [1.165, 1.54) is 18.5 Å². The van der Waals surface area contributed by atoms with Crippen LogP contribution in [0.15, 0.2) is 78.9 Å². The van der Waals surface area contributed by atoms with E-state index in [0.29, 0.717) is 18.1 Å². The highest BCUT2D eigenvalue weighted by Crippen LogP contribution is 2.26. The van der Waals surface area contributed by atoms with E-state index in [2.05, 4.69) is 48.3 Å². The van der Waals surface area contributed by atoms with Crippen LogP contribution in [-0.4, -0.2) is 19.0 Å². The van der Waals surface area contributed by atoms with Crippen LogP contribution in [0.3, 0.4) is 0 Å². The number of rotatable bonds is 9. The van der Waals surface area contributed by atoms with E-state index >= 15 is 0 Å². The van der Waals surface area contributed by atoms with Crippen LogP contribution in [0.2, 0.25) is 0 Å². The third-order valence-electron chi connectivity index (χ3n) is 6.12. The first kappa shape index (κ1) is 22.9. The van der Waals surface area contributed by atoms with Gasteiger partial charge in [-0.1, -0.05) is 56.3 Å². The van der Waals surface area contributed by atoms with Crippen molar-refractivity contribution in [2.24, 2.45) is 5.92 Å². The van der Waals surface area contributed by atoms with Crippen LogP contribution in [0.5, 0.6) is 5.75 Å². The lowest BCUT2D eigenvalue weighted by Gasteiger charge is -2.23. The number of amides is 1. The van der Waals surface area contributed by atoms with Gasteiger partial charge in [-0.2, -0.15) is 0 Å². The van der Waals surface area contributed by atoms with E-state index < -0.39 is 0 Å². The minimum Gasteiger partial charge on any atom is -0.489 e. The summed E-state index contributed by atoms with van der Waals surface area (Å²) in [4.78, 5) is 15.6. The van der Waals surface area contributed by atoms with E-state index in [-0.39, 0.29) is 11.9 Å². The summed E-state index contributed by atoms with van der Waals surface area (Å²) in [7, 11) is 0. The summed E-state index contributed by atoms with van der Waals surface area (Å²) in [6.07, 6.45) is 3.43. The van der Waals surface area contributed by atoms with E-state index in [1.807, 2.05) is 54.6 Å². The Balaban J connectivity index is 1.43. The maximum Gasteiger partial charge on any atom is 0.251 e. The highest BCUT2D eigenvalue weighted by atomic mass is 16.5. The molecule has 1 amide bonds. The monoisotopic (exact) mass is 442 g/mol. The molecule has 3 aromatic carbocycles. The average Bonchev–Trinajstić information content (AvgIpc) is 3.38. The molecule has 0 saturated carbocycles. The molecule has 33 heavy (non-hydrogen) atoms. The second-order valence-corrected chi connectivity index (χ2v) is 9.24. The summed E-state index contributed by atoms with van der Waals surface area (Å²) in [5.41, 5.74) is 4.06. The van der Waals surface area contributed by atoms with Crippen molar-refractivity contribution < 1.29 is 9.53 Å². The summed E-state index contributed by atoms with van der Waals surface area (Å²) in [6.45, 7) is 7.09. The molecule has 0 radical (unpaired) electrons. The fraction of sp³-hybridized carbons (Fsp3) is 0.345. The minimum atomic E-state index is -0.0502. The van der Waals surface area contributed by atoms with Crippen LogP contribution in [0.4, 0.5) is 5.69 Å². The predicted molar refractivity (Wildman–Crippen MR) is 135 cm³/mol. The number of anilines is 1. The molecular weight excluding hydrogens is 408 g/mol. The molecule has 1 N–H and O–H groups in total. The van der Waals surface area contributed by atoms with E-state index in [0.717, 1.165) is 36.4 Å². The lowest BCUT2D eigenvalue weighted by molar-refractivity contribution is 0.0932. The van der Waals surface area contributed by atoms with Crippen LogP contribution in [-0.2, 0) is 6.61 Å². The van der Waals surface area contributed by atoms with Crippen molar-refractivity contribution in [3.05, 3.63) is 95.6 Å². The standard InChI is InChI=1S/C29H34N2O2/c1-22(2)19-28(24-13-15-26(16-14-24)31-17-6-7-18-31)30-29(32)25-10-8-9-23(20-25)21-33-27-11-4-3-5-12-27/h3-5,8-16,20,22,28H,6-7,17-19,21H2,1-2H3,(H,30,32). The molecule has 1 saturated heterocycles. The van der Waals surface area contributed by atoms with Crippen LogP contribution in [0.25, 0.3) is 0 Å². The molecule has 4 rings (SSSR count). The molecule has 0 spiro atoms. The summed E-state index contributed by atoms with van der Waals surface area (Å²) in [5.74, 6) is 1.24. The highest BCUT2D eigenvalue weighted by molar-refractivity contribution is 5.94. The van der Waals surface area contributed by atoms with E-state index in [9.17, 15) is 4.79 Å². The molecule has 3 aromatic rings. The van der Waals surface area contributed by atoms with Gasteiger partial charge in [0.2, 0.25) is 0 Å². The van der Waals surface area contributed by atoms with E-state index in [1.54, 1.807) is 0 Å². The SMILES string of the molecule is CC(C)CC(NC(=O)c1cccc(COc2ccccc2)c1)c1ccc(N2CCCC2)cc1. The number of ether oxygens (including phenoxy) is 1. The third-order valence-corrected chi connectivity index (χ3v) is 6.12. The van der Waals surface area contributed by atoms with Crippen LogP contribution < -0.4 is 15.0 Å². The predicted octanol–water partition coefficient (Wildman–Crippen LogP) is 6.38. The Labute approximate surface area is 197 Å². The van der Waals surface area contributed by atoms with Crippen LogP contribution in [0.1, 0.15) is 60.6 Å². The average molecular weight is 443 g/mol. The Morgan fingerprint density at radius 1 is 0.939 bits per heavy atom. The molecule has 172 valence electrons. The first-order valence-electron chi connectivity index (χ1n) is 12.0. The van der Waals surface area contributed by atoms with Gasteiger partial charge >= 0.3 is 0 Å². The fourth-order valence-electron chi connectivity index (χ4n) is 4.37. The first-order valence-corrected chi connectivity index (χ1v) is 12.0. The van der Waals surface area contributed by atoms with Crippen molar-refractivity contribution in [2.75, 3.05) is 18.0 Å². The number of carbonyl (C=O) groups is 1. The number of para-hydroxylation sites is 1. The molecule has 1 aliphatic heterocycles. The maximum atomic E-state index is 13.2. The molecule has 1 aliphatic rings. The van der Waals surface area contributed by atoms with Gasteiger partial charge in [0, 0.05) is 24.3 Å². The zero-order valence-electron chi connectivity index (χ0n) is 19.7. The topological polar surface area (TPSA) is 41.6 Å². The molecule has 0 bridgehead atoms. The van der Waals surface area contributed by atoms with E-state index in [4.69, 9.17) is 4.74 Å². The van der Waals surface area contributed by atoms with Gasteiger partial charge < -0.3 is 15.0 Å². The summed E-state index contributed by atoms with van der Waals surface area (Å²) >= 11 is 0. The first-order chi connectivity index (χ1) is 16.1. The lowest BCUT2D eigenvalue weighted by atomic mass is 9.96. The molecule has 1 fully saturated rings. The van der Waals surface area contributed by atoms with Gasteiger partial charge in [-0.15, -0.1) is 0 Å². The van der Waals surface area contributed by atoms with Crippen molar-refractivity contribution >= 4 is 11.6 Å². The molecular formula is C29H34N2O2. The summed E-state index contributed by atoms with van der Waals surface area (Å²) in [6, 6.07) is 26.1. The number of hydrogen-bond donors (Lipinski definition) is 1. The molecule has 0 aromatic heterocycles. The number of nitrogens with one attached hydrogen (secondary N) is 1. The zero-order valence-corrected chi connectivity index (χ0v) is 19.7. The van der Waals surface area contributed by atoms with Gasteiger partial charge in [0.25, 0.3) is 5.91 Å². The maximum absolute atomic E-state index is 13.2. The van der Waals surface area contributed by atoms with Gasteiger partial charge in [0.15, 0.2) is 0 Å². The number of nitrogens with zero attached hydrogens (tertiary/aromatic N) is 1. The Kier molecular flexibility index (Phi) is 7.66. The normalized spacial score (nSPS) is 14.3. The summed E-state index contributed by atoms with van der Waals surface area (Å²) < 4.78 is 5.85. The Morgan fingerprint density at radius 3 is 2.36 bits per heavy atom. The van der Waals surface area contributed by atoms with Crippen molar-refractivity contribution in [3.8, 4) is 5.75 Å². The van der Waals surface area contributed by atoms with Gasteiger partial charge in [-0.3, -0.25) is 4.79 Å². The fourth-order valence-corrected chi connectivity index (χ4v) is 4.37. The lowest BCUT2D eigenvalue weighted by Crippen LogP contribution is -2.29. The number of carbonyl (C=O) groups excluding carboxylic acids is 1. The minimum absolute atomic E-state index is 0.0191. The largest absolute Gasteiger partial charge is 0.489 e.